The fourth-order valence-electron chi connectivity index (χ4n) is 4.01. The van der Waals surface area contributed by atoms with E-state index in [0.717, 1.165) is 16.7 Å². The summed E-state index contributed by atoms with van der Waals surface area (Å²) in [6.07, 6.45) is -6.66. The van der Waals surface area contributed by atoms with Crippen molar-refractivity contribution in [3.05, 3.63) is 68.7 Å². The molecule has 1 heterocycles. The SMILES string of the molecule is CN1Cc2c(Cl)cc(Cl)cc2C(c2cccc(C(=O)NC[C@H](O)[C@@H](O)[C@H](O)[C@H](O)CO)c2)C1. The Balaban J connectivity index is 1.75. The molecular formula is C23H28Cl2N2O6. The van der Waals surface area contributed by atoms with E-state index in [9.17, 15) is 25.2 Å². The maximum absolute atomic E-state index is 12.7. The normalized spacial score (nSPS) is 19.9. The van der Waals surface area contributed by atoms with E-state index in [-0.39, 0.29) is 12.5 Å². The number of carbonyl (C=O) groups is 1. The smallest absolute Gasteiger partial charge is 0.251 e. The van der Waals surface area contributed by atoms with Crippen molar-refractivity contribution >= 4 is 29.1 Å². The molecule has 0 aromatic heterocycles. The molecule has 5 atom stereocenters. The Morgan fingerprint density at radius 2 is 1.82 bits per heavy atom. The number of nitrogens with zero attached hydrogens (tertiary/aromatic N) is 1. The highest BCUT2D eigenvalue weighted by Crippen LogP contribution is 2.38. The topological polar surface area (TPSA) is 133 Å². The first-order valence-electron chi connectivity index (χ1n) is 10.5. The van der Waals surface area contributed by atoms with Gasteiger partial charge in [-0.05, 0) is 48.0 Å². The molecular weight excluding hydrogens is 471 g/mol. The lowest BCUT2D eigenvalue weighted by Gasteiger charge is -2.33. The Bertz CT molecular complexity index is 991. The van der Waals surface area contributed by atoms with Gasteiger partial charge in [-0.1, -0.05) is 35.3 Å². The number of carbonyl (C=O) groups excluding carboxylic acids is 1. The second-order valence-corrected chi connectivity index (χ2v) is 9.18. The van der Waals surface area contributed by atoms with Crippen LogP contribution in [0.4, 0.5) is 0 Å². The van der Waals surface area contributed by atoms with Crippen molar-refractivity contribution in [1.82, 2.24) is 10.2 Å². The Kier molecular flexibility index (Phi) is 8.71. The third-order valence-corrected chi connectivity index (χ3v) is 6.40. The van der Waals surface area contributed by atoms with E-state index in [1.54, 1.807) is 24.3 Å². The van der Waals surface area contributed by atoms with Gasteiger partial charge < -0.3 is 35.7 Å². The summed E-state index contributed by atoms with van der Waals surface area (Å²) in [4.78, 5) is 14.8. The molecule has 3 rings (SSSR count). The van der Waals surface area contributed by atoms with Gasteiger partial charge in [-0.25, -0.2) is 0 Å². The summed E-state index contributed by atoms with van der Waals surface area (Å²) in [6, 6.07) is 10.7. The number of halogens is 2. The molecule has 0 saturated heterocycles. The van der Waals surface area contributed by atoms with Gasteiger partial charge in [-0.3, -0.25) is 4.79 Å². The molecule has 0 fully saturated rings. The summed E-state index contributed by atoms with van der Waals surface area (Å²) in [5.41, 5.74) is 3.26. The zero-order valence-corrected chi connectivity index (χ0v) is 19.5. The number of aliphatic hydroxyl groups excluding tert-OH is 5. The number of fused-ring (bicyclic) bond motifs is 1. The zero-order chi connectivity index (χ0) is 24.3. The van der Waals surface area contributed by atoms with E-state index in [0.29, 0.717) is 28.7 Å². The number of rotatable bonds is 8. The van der Waals surface area contributed by atoms with Crippen molar-refractivity contribution in [1.29, 1.82) is 0 Å². The minimum absolute atomic E-state index is 0.0507. The monoisotopic (exact) mass is 498 g/mol. The maximum Gasteiger partial charge on any atom is 0.251 e. The predicted molar refractivity (Wildman–Crippen MR) is 125 cm³/mol. The molecule has 1 unspecified atom stereocenters. The zero-order valence-electron chi connectivity index (χ0n) is 18.0. The summed E-state index contributed by atoms with van der Waals surface area (Å²) in [5.74, 6) is -0.529. The molecule has 1 aliphatic heterocycles. The van der Waals surface area contributed by atoms with E-state index in [4.69, 9.17) is 28.3 Å². The average Bonchev–Trinajstić information content (AvgIpc) is 2.80. The molecule has 0 saturated carbocycles. The van der Waals surface area contributed by atoms with Crippen LogP contribution in [0.25, 0.3) is 0 Å². The van der Waals surface area contributed by atoms with Crippen LogP contribution in [0.1, 0.15) is 33.0 Å². The lowest BCUT2D eigenvalue weighted by Crippen LogP contribution is -2.49. The third-order valence-electron chi connectivity index (χ3n) is 5.84. The highest BCUT2D eigenvalue weighted by atomic mass is 35.5. The molecule has 33 heavy (non-hydrogen) atoms. The van der Waals surface area contributed by atoms with Gasteiger partial charge in [0.1, 0.15) is 18.3 Å². The molecule has 1 amide bonds. The molecule has 10 heteroatoms. The Hall–Kier alpha value is -1.75. The first-order chi connectivity index (χ1) is 15.6. The first-order valence-corrected chi connectivity index (χ1v) is 11.3. The van der Waals surface area contributed by atoms with Crippen molar-refractivity contribution in [3.63, 3.8) is 0 Å². The van der Waals surface area contributed by atoms with E-state index < -0.39 is 36.9 Å². The molecule has 2 aromatic rings. The fourth-order valence-corrected chi connectivity index (χ4v) is 4.58. The van der Waals surface area contributed by atoms with Crippen LogP contribution in [0.3, 0.4) is 0 Å². The standard InChI is InChI=1S/C23H28Cl2N2O6/c1-27-9-16(15-6-14(24)7-18(25)17(15)10-27)12-3-2-4-13(5-12)23(33)26-8-19(29)21(31)22(32)20(30)11-28/h2-7,16,19-22,28-32H,8-11H2,1H3,(H,26,33)/t16?,19-,20+,21+,22+/m0/s1. The van der Waals surface area contributed by atoms with Gasteiger partial charge >= 0.3 is 0 Å². The van der Waals surface area contributed by atoms with Crippen molar-refractivity contribution < 1.29 is 30.3 Å². The molecule has 1 aliphatic rings. The average molecular weight is 499 g/mol. The van der Waals surface area contributed by atoms with Crippen LogP contribution in [0, 0.1) is 0 Å². The van der Waals surface area contributed by atoms with Gasteiger partial charge in [-0.15, -0.1) is 0 Å². The van der Waals surface area contributed by atoms with Crippen LogP contribution < -0.4 is 5.32 Å². The van der Waals surface area contributed by atoms with Crippen LogP contribution in [0.5, 0.6) is 0 Å². The molecule has 2 aromatic carbocycles. The number of benzene rings is 2. The maximum atomic E-state index is 12.7. The number of likely N-dealkylation sites (N-methyl/N-ethyl adjacent to an activating group) is 1. The fraction of sp³-hybridized carbons (Fsp3) is 0.435. The highest BCUT2D eigenvalue weighted by molar-refractivity contribution is 6.35. The first kappa shape index (κ1) is 25.9. The van der Waals surface area contributed by atoms with Crippen molar-refractivity contribution in [3.8, 4) is 0 Å². The van der Waals surface area contributed by atoms with Crippen LogP contribution in [-0.4, -0.2) is 87.5 Å². The minimum Gasteiger partial charge on any atom is -0.394 e. The van der Waals surface area contributed by atoms with Crippen molar-refractivity contribution in [2.24, 2.45) is 0 Å². The minimum atomic E-state index is -1.76. The van der Waals surface area contributed by atoms with E-state index in [1.165, 1.54) is 0 Å². The number of hydrogen-bond donors (Lipinski definition) is 6. The van der Waals surface area contributed by atoms with Gasteiger partial charge in [0, 0.05) is 41.2 Å². The molecule has 0 spiro atoms. The predicted octanol–water partition coefficient (Wildman–Crippen LogP) is 0.736. The van der Waals surface area contributed by atoms with E-state index in [1.807, 2.05) is 19.2 Å². The summed E-state index contributed by atoms with van der Waals surface area (Å²) < 4.78 is 0. The molecule has 8 nitrogen and oxygen atoms in total. The summed E-state index contributed by atoms with van der Waals surface area (Å²) in [5, 5.41) is 51.5. The molecule has 0 radical (unpaired) electrons. The molecule has 0 aliphatic carbocycles. The highest BCUT2D eigenvalue weighted by Gasteiger charge is 2.31. The summed E-state index contributed by atoms with van der Waals surface area (Å²) in [6.45, 7) is 0.267. The third kappa shape index (κ3) is 6.03. The molecule has 0 bridgehead atoms. The van der Waals surface area contributed by atoms with Crippen molar-refractivity contribution in [2.75, 3.05) is 26.7 Å². The summed E-state index contributed by atoms with van der Waals surface area (Å²) in [7, 11) is 1.99. The van der Waals surface area contributed by atoms with Gasteiger partial charge in [0.05, 0.1) is 12.7 Å². The van der Waals surface area contributed by atoms with Crippen LogP contribution in [-0.2, 0) is 6.54 Å². The number of amides is 1. The number of hydrogen-bond acceptors (Lipinski definition) is 7. The van der Waals surface area contributed by atoms with E-state index >= 15 is 0 Å². The Morgan fingerprint density at radius 3 is 2.52 bits per heavy atom. The largest absolute Gasteiger partial charge is 0.394 e. The number of nitrogens with one attached hydrogen (secondary N) is 1. The Morgan fingerprint density at radius 1 is 1.12 bits per heavy atom. The second-order valence-electron chi connectivity index (χ2n) is 8.34. The lowest BCUT2D eigenvalue weighted by atomic mass is 9.84. The molecule has 180 valence electrons. The van der Waals surface area contributed by atoms with Gasteiger partial charge in [0.25, 0.3) is 5.91 Å². The van der Waals surface area contributed by atoms with Crippen LogP contribution >= 0.6 is 23.2 Å². The summed E-state index contributed by atoms with van der Waals surface area (Å²) >= 11 is 12.7. The molecule has 6 N–H and O–H groups in total. The van der Waals surface area contributed by atoms with Crippen molar-refractivity contribution in [2.45, 2.75) is 36.9 Å². The van der Waals surface area contributed by atoms with Gasteiger partial charge in [0.2, 0.25) is 0 Å². The van der Waals surface area contributed by atoms with Gasteiger partial charge in [0.15, 0.2) is 0 Å². The van der Waals surface area contributed by atoms with E-state index in [2.05, 4.69) is 10.2 Å². The lowest BCUT2D eigenvalue weighted by molar-refractivity contribution is -0.113. The Labute approximate surface area is 202 Å². The quantitative estimate of drug-likeness (QED) is 0.316. The number of aliphatic hydroxyl groups is 5. The second kappa shape index (κ2) is 11.1. The van der Waals surface area contributed by atoms with Crippen LogP contribution in [0.2, 0.25) is 10.0 Å². The van der Waals surface area contributed by atoms with Gasteiger partial charge in [-0.2, -0.15) is 0 Å². The van der Waals surface area contributed by atoms with Crippen LogP contribution in [0.15, 0.2) is 36.4 Å².